The van der Waals surface area contributed by atoms with E-state index in [-0.39, 0.29) is 47.9 Å². The number of nitrogens with one attached hydrogen (secondary N) is 2. The van der Waals surface area contributed by atoms with Crippen LogP contribution >= 0.6 is 34.5 Å². The Bertz CT molecular complexity index is 2520. The van der Waals surface area contributed by atoms with E-state index in [4.69, 9.17) is 37.1 Å². The summed E-state index contributed by atoms with van der Waals surface area (Å²) in [5.41, 5.74) is 6.35. The number of ketones is 2. The number of hydrogen-bond donors (Lipinski definition) is 2. The zero-order chi connectivity index (χ0) is 41.9. The lowest BCUT2D eigenvalue weighted by Crippen LogP contribution is -2.33. The van der Waals surface area contributed by atoms with Gasteiger partial charge in [-0.05, 0) is 96.9 Å². The maximum atomic E-state index is 12.6. The number of furan rings is 1. The van der Waals surface area contributed by atoms with Crippen molar-refractivity contribution in [2.75, 3.05) is 13.1 Å². The second-order valence-electron chi connectivity index (χ2n) is 14.3. The van der Waals surface area contributed by atoms with E-state index in [2.05, 4.69) is 20.6 Å². The van der Waals surface area contributed by atoms with Gasteiger partial charge < -0.3 is 24.5 Å². The third-order valence-electron chi connectivity index (χ3n) is 9.89. The number of ether oxygens (including phenoxy) is 2. The first-order valence-electron chi connectivity index (χ1n) is 19.0. The Labute approximate surface area is 359 Å². The molecular weight excluding hydrogens is 824 g/mol. The molecule has 2 unspecified atom stereocenters. The van der Waals surface area contributed by atoms with Gasteiger partial charge >= 0.3 is 0 Å². The molecule has 302 valence electrons. The van der Waals surface area contributed by atoms with Crippen LogP contribution in [0.25, 0.3) is 45.2 Å². The third kappa shape index (κ3) is 9.26. The first kappa shape index (κ1) is 40.4. The van der Waals surface area contributed by atoms with Gasteiger partial charge in [-0.2, -0.15) is 0 Å². The zero-order valence-electron chi connectivity index (χ0n) is 32.3. The van der Waals surface area contributed by atoms with E-state index in [1.165, 1.54) is 30.4 Å². The van der Waals surface area contributed by atoms with Crippen LogP contribution in [0.2, 0.25) is 10.0 Å². The number of rotatable bonds is 13. The summed E-state index contributed by atoms with van der Waals surface area (Å²) in [5, 5.41) is 6.69. The Hall–Kier alpha value is -6.34. The number of nitrogens with zero attached hydrogens (tertiary/aromatic N) is 2. The Morgan fingerprint density at radius 2 is 1.38 bits per heavy atom. The summed E-state index contributed by atoms with van der Waals surface area (Å²) in [4.78, 5) is 59.3. The van der Waals surface area contributed by atoms with Crippen LogP contribution in [-0.4, -0.2) is 58.6 Å². The van der Waals surface area contributed by atoms with E-state index in [1.807, 2.05) is 48.5 Å². The zero-order valence-corrected chi connectivity index (χ0v) is 34.6. The molecule has 2 aromatic carbocycles. The SMILES string of the molecule is CC(=O)c1ccc(-c2cc(Cl)c3c(c2)CC(CNC(=O)/C=C/c2ccc(-c4ccc(/C=C/C(=O)NCC5Cc6cc(-c7ccc(C(C)=O)s7)cc(Cl)c6O5)nc4)nc2)O3)o1. The van der Waals surface area contributed by atoms with Crippen LogP contribution in [-0.2, 0) is 22.4 Å². The molecule has 0 saturated carbocycles. The summed E-state index contributed by atoms with van der Waals surface area (Å²) in [6.45, 7) is 3.57. The van der Waals surface area contributed by atoms with Gasteiger partial charge in [-0.3, -0.25) is 29.1 Å². The highest BCUT2D eigenvalue weighted by atomic mass is 35.5. The molecule has 2 atom stereocenters. The molecule has 4 aromatic heterocycles. The number of hydrogen-bond acceptors (Lipinski definition) is 10. The molecule has 2 aliphatic heterocycles. The number of carbonyl (C=O) groups excluding carboxylic acids is 4. The monoisotopic (exact) mass is 858 g/mol. The minimum Gasteiger partial charge on any atom is -0.486 e. The van der Waals surface area contributed by atoms with Crippen molar-refractivity contribution in [1.82, 2.24) is 20.6 Å². The molecule has 8 rings (SSSR count). The van der Waals surface area contributed by atoms with Crippen LogP contribution < -0.4 is 20.1 Å². The van der Waals surface area contributed by atoms with Crippen molar-refractivity contribution in [3.05, 3.63) is 140 Å². The molecular formula is C46H36Cl2N4O7S. The quantitative estimate of drug-likeness (QED) is 0.0857. The van der Waals surface area contributed by atoms with E-state index in [9.17, 15) is 19.2 Å². The van der Waals surface area contributed by atoms with Crippen LogP contribution in [0, 0.1) is 0 Å². The average molecular weight is 860 g/mol. The lowest BCUT2D eigenvalue weighted by Gasteiger charge is -2.11. The van der Waals surface area contributed by atoms with Gasteiger partial charge in [-0.15, -0.1) is 11.3 Å². The number of Topliss-reactive ketones (excluding diaryl/α,β-unsaturated/α-hetero) is 2. The number of halogens is 2. The molecule has 0 aliphatic carbocycles. The lowest BCUT2D eigenvalue weighted by molar-refractivity contribution is -0.117. The largest absolute Gasteiger partial charge is 0.486 e. The minimum atomic E-state index is -0.294. The van der Waals surface area contributed by atoms with Crippen molar-refractivity contribution in [3.63, 3.8) is 0 Å². The molecule has 60 heavy (non-hydrogen) atoms. The van der Waals surface area contributed by atoms with Gasteiger partial charge in [0.05, 0.1) is 39.4 Å². The Kier molecular flexibility index (Phi) is 11.8. The molecule has 2 N–H and O–H groups in total. The van der Waals surface area contributed by atoms with Crippen molar-refractivity contribution in [3.8, 4) is 44.5 Å². The van der Waals surface area contributed by atoms with E-state index in [0.717, 1.165) is 38.3 Å². The third-order valence-corrected chi connectivity index (χ3v) is 11.7. The van der Waals surface area contributed by atoms with Crippen molar-refractivity contribution in [1.29, 1.82) is 0 Å². The Morgan fingerprint density at radius 3 is 1.97 bits per heavy atom. The number of thiophene rings is 1. The molecule has 2 amide bonds. The van der Waals surface area contributed by atoms with Gasteiger partial charge in [0.15, 0.2) is 17.3 Å². The summed E-state index contributed by atoms with van der Waals surface area (Å²) < 4.78 is 17.7. The fraction of sp³-hybridized carbons (Fsp3) is 0.174. The van der Waals surface area contributed by atoms with Crippen molar-refractivity contribution in [2.24, 2.45) is 0 Å². The van der Waals surface area contributed by atoms with Crippen molar-refractivity contribution < 1.29 is 33.1 Å². The fourth-order valence-corrected chi connectivity index (χ4v) is 8.32. The van der Waals surface area contributed by atoms with E-state index in [0.29, 0.717) is 63.0 Å². The van der Waals surface area contributed by atoms with Gasteiger partial charge in [0.25, 0.3) is 0 Å². The number of pyridine rings is 2. The summed E-state index contributed by atoms with van der Waals surface area (Å²) in [6.07, 6.45) is 10.1. The molecule has 0 saturated heterocycles. The number of aromatic nitrogens is 2. The highest BCUT2D eigenvalue weighted by Gasteiger charge is 2.28. The summed E-state index contributed by atoms with van der Waals surface area (Å²) in [7, 11) is 0. The predicted octanol–water partition coefficient (Wildman–Crippen LogP) is 9.11. The number of amides is 2. The van der Waals surface area contributed by atoms with Gasteiger partial charge in [0.1, 0.15) is 29.5 Å². The number of carbonyl (C=O) groups is 4. The molecule has 0 fully saturated rings. The normalized spacial score (nSPS) is 15.4. The summed E-state index contributed by atoms with van der Waals surface area (Å²) in [5.74, 6) is 1.31. The van der Waals surface area contributed by atoms with Crippen LogP contribution in [0.1, 0.15) is 56.5 Å². The van der Waals surface area contributed by atoms with Crippen molar-refractivity contribution >= 4 is 70.1 Å². The molecule has 11 nitrogen and oxygen atoms in total. The first-order chi connectivity index (χ1) is 28.9. The van der Waals surface area contributed by atoms with E-state index >= 15 is 0 Å². The maximum Gasteiger partial charge on any atom is 0.244 e. The summed E-state index contributed by atoms with van der Waals surface area (Å²) in [6, 6.07) is 22.0. The molecule has 0 spiro atoms. The number of benzene rings is 2. The molecule has 0 bridgehead atoms. The topological polar surface area (TPSA) is 150 Å². The first-order valence-corrected chi connectivity index (χ1v) is 20.6. The molecule has 6 heterocycles. The minimum absolute atomic E-state index is 0.0250. The Morgan fingerprint density at radius 1 is 0.717 bits per heavy atom. The Balaban J connectivity index is 0.776. The molecule has 6 aromatic rings. The standard InChI is InChI=1S/C46H36Cl2N4O7S/c1-25(53)39-9-10-40(59-39)29-15-31-17-34(57-45(31)36(47)19-29)23-51-43(55)13-4-27-3-8-38(50-21-27)28-5-6-33(49-22-28)7-14-44(56)52-24-35-18-32-16-30(20-37(48)46(32)58-35)42-12-11-41(60-42)26(2)54/h3-16,19-22,34-35H,17-18,23-24H2,1-2H3,(H,51,55)(H,52,56)/b13-4+,14-7+. The van der Waals surface area contributed by atoms with Gasteiger partial charge in [0, 0.05) is 71.4 Å². The van der Waals surface area contributed by atoms with Gasteiger partial charge in [-0.1, -0.05) is 29.3 Å². The highest BCUT2D eigenvalue weighted by Crippen LogP contribution is 2.42. The lowest BCUT2D eigenvalue weighted by atomic mass is 10.0. The second-order valence-corrected chi connectivity index (χ2v) is 16.2. The van der Waals surface area contributed by atoms with E-state index in [1.54, 1.807) is 55.7 Å². The maximum absolute atomic E-state index is 12.6. The van der Waals surface area contributed by atoms with Crippen LogP contribution in [0.4, 0.5) is 0 Å². The van der Waals surface area contributed by atoms with E-state index < -0.39 is 0 Å². The van der Waals surface area contributed by atoms with Crippen LogP contribution in [0.15, 0.2) is 102 Å². The van der Waals surface area contributed by atoms with Crippen LogP contribution in [0.3, 0.4) is 0 Å². The van der Waals surface area contributed by atoms with Gasteiger partial charge in [-0.25, -0.2) is 0 Å². The highest BCUT2D eigenvalue weighted by molar-refractivity contribution is 7.17. The fourth-order valence-electron chi connectivity index (χ4n) is 6.86. The molecule has 14 heteroatoms. The van der Waals surface area contributed by atoms with Gasteiger partial charge in [0.2, 0.25) is 11.8 Å². The predicted molar refractivity (Wildman–Crippen MR) is 232 cm³/mol. The van der Waals surface area contributed by atoms with Crippen LogP contribution in [0.5, 0.6) is 11.5 Å². The summed E-state index contributed by atoms with van der Waals surface area (Å²) >= 11 is 14.5. The smallest absolute Gasteiger partial charge is 0.244 e. The second kappa shape index (κ2) is 17.5. The van der Waals surface area contributed by atoms with Crippen molar-refractivity contribution in [2.45, 2.75) is 38.9 Å². The average Bonchev–Trinajstić information content (AvgIpc) is 4.07. The molecule has 0 radical (unpaired) electrons. The molecule has 2 aliphatic rings. The number of fused-ring (bicyclic) bond motifs is 2.